The number of carbonyl (C=O) groups is 1. The predicted octanol–water partition coefficient (Wildman–Crippen LogP) is -0.180. The lowest BCUT2D eigenvalue weighted by Gasteiger charge is -2.11. The van der Waals surface area contributed by atoms with E-state index < -0.39 is 12.0 Å². The molecule has 17 heavy (non-hydrogen) atoms. The van der Waals surface area contributed by atoms with Gasteiger partial charge in [0.25, 0.3) is 0 Å². The molecule has 0 spiro atoms. The van der Waals surface area contributed by atoms with Gasteiger partial charge in [-0.25, -0.2) is 4.98 Å². The van der Waals surface area contributed by atoms with Gasteiger partial charge in [0.1, 0.15) is 11.1 Å². The molecule has 0 aliphatic rings. The van der Waals surface area contributed by atoms with Crippen LogP contribution in [0.25, 0.3) is 0 Å². The van der Waals surface area contributed by atoms with Gasteiger partial charge in [-0.3, -0.25) is 4.79 Å². The summed E-state index contributed by atoms with van der Waals surface area (Å²) in [6, 6.07) is 0. The summed E-state index contributed by atoms with van der Waals surface area (Å²) in [6.45, 7) is 2.52. The minimum absolute atomic E-state index is 0.0579. The second-order valence-electron chi connectivity index (χ2n) is 3.22. The summed E-state index contributed by atoms with van der Waals surface area (Å²) in [5.74, 6) is -0.0690. The first kappa shape index (κ1) is 13.5. The number of aromatic nitrogens is 2. The molecular weight excluding hydrogens is 246 g/mol. The van der Waals surface area contributed by atoms with Crippen LogP contribution in [0.2, 0.25) is 5.02 Å². The Bertz CT molecular complexity index is 401. The summed E-state index contributed by atoms with van der Waals surface area (Å²) in [4.78, 5) is 18.6. The number of nitrogens with one attached hydrogen (secondary N) is 2. The summed E-state index contributed by atoms with van der Waals surface area (Å²) in [5.41, 5.74) is 4.91. The van der Waals surface area contributed by atoms with Gasteiger partial charge in [0.15, 0.2) is 5.82 Å². The standard InChI is InChI=1S/C9H14ClN5O2/c1-2-12-9-14-3-5(10)8(15-9)13-4-6(16)7(11)17/h3,6,16H,2,4H2,1H3,(H2,11,17)(H2,12,13,14,15). The van der Waals surface area contributed by atoms with Crippen LogP contribution >= 0.6 is 11.6 Å². The van der Waals surface area contributed by atoms with Crippen LogP contribution in [0.5, 0.6) is 0 Å². The van der Waals surface area contributed by atoms with Gasteiger partial charge in [-0.15, -0.1) is 0 Å². The summed E-state index contributed by atoms with van der Waals surface area (Å²) in [5, 5.41) is 15.1. The van der Waals surface area contributed by atoms with E-state index in [0.29, 0.717) is 23.3 Å². The Balaban J connectivity index is 2.69. The topological polar surface area (TPSA) is 113 Å². The summed E-state index contributed by atoms with van der Waals surface area (Å²) in [6.07, 6.45) is 0.134. The number of hydrogen-bond acceptors (Lipinski definition) is 6. The van der Waals surface area contributed by atoms with Crippen molar-refractivity contribution in [2.45, 2.75) is 13.0 Å². The molecule has 0 bridgehead atoms. The monoisotopic (exact) mass is 259 g/mol. The number of nitrogens with zero attached hydrogens (tertiary/aromatic N) is 2. The van der Waals surface area contributed by atoms with Crippen LogP contribution in [0.4, 0.5) is 11.8 Å². The molecule has 0 saturated heterocycles. The van der Waals surface area contributed by atoms with Gasteiger partial charge in [0, 0.05) is 6.54 Å². The highest BCUT2D eigenvalue weighted by Crippen LogP contribution is 2.19. The van der Waals surface area contributed by atoms with Gasteiger partial charge in [0.2, 0.25) is 11.9 Å². The van der Waals surface area contributed by atoms with E-state index in [1.165, 1.54) is 6.20 Å². The Morgan fingerprint density at radius 1 is 1.65 bits per heavy atom. The Morgan fingerprint density at radius 2 is 2.35 bits per heavy atom. The second-order valence-corrected chi connectivity index (χ2v) is 3.63. The fraction of sp³-hybridized carbons (Fsp3) is 0.444. The SMILES string of the molecule is CCNc1ncc(Cl)c(NCC(O)C(N)=O)n1. The lowest BCUT2D eigenvalue weighted by molar-refractivity contribution is -0.125. The number of anilines is 2. The van der Waals surface area contributed by atoms with Crippen molar-refractivity contribution in [1.29, 1.82) is 0 Å². The van der Waals surface area contributed by atoms with Crippen molar-refractivity contribution in [3.8, 4) is 0 Å². The number of aliphatic hydroxyl groups excluding tert-OH is 1. The zero-order valence-electron chi connectivity index (χ0n) is 9.27. The van der Waals surface area contributed by atoms with Crippen LogP contribution in [0.1, 0.15) is 6.92 Å². The average Bonchev–Trinajstić information content (AvgIpc) is 2.29. The molecule has 1 unspecified atom stereocenters. The Morgan fingerprint density at radius 3 is 2.94 bits per heavy atom. The minimum atomic E-state index is -1.29. The molecule has 1 rings (SSSR count). The zero-order chi connectivity index (χ0) is 12.8. The molecule has 5 N–H and O–H groups in total. The maximum Gasteiger partial charge on any atom is 0.248 e. The summed E-state index contributed by atoms with van der Waals surface area (Å²) >= 11 is 5.85. The third-order valence-corrected chi connectivity index (χ3v) is 2.15. The molecule has 0 fully saturated rings. The number of amides is 1. The van der Waals surface area contributed by atoms with Crippen LogP contribution < -0.4 is 16.4 Å². The molecule has 1 atom stereocenters. The van der Waals surface area contributed by atoms with Crippen LogP contribution in [0.15, 0.2) is 6.20 Å². The van der Waals surface area contributed by atoms with Gasteiger partial charge < -0.3 is 21.5 Å². The smallest absolute Gasteiger partial charge is 0.248 e. The fourth-order valence-electron chi connectivity index (χ4n) is 1.03. The fourth-order valence-corrected chi connectivity index (χ4v) is 1.19. The number of hydrogen-bond donors (Lipinski definition) is 4. The molecule has 0 saturated carbocycles. The van der Waals surface area contributed by atoms with Gasteiger partial charge in [-0.1, -0.05) is 11.6 Å². The lowest BCUT2D eigenvalue weighted by Crippen LogP contribution is -2.34. The molecule has 0 aromatic carbocycles. The molecule has 0 aliphatic heterocycles. The maximum atomic E-state index is 10.6. The Hall–Kier alpha value is -1.60. The van der Waals surface area contributed by atoms with E-state index in [0.717, 1.165) is 0 Å². The number of carbonyl (C=O) groups excluding carboxylic acids is 1. The number of rotatable bonds is 6. The first-order chi connectivity index (χ1) is 8.04. The summed E-state index contributed by atoms with van der Waals surface area (Å²) in [7, 11) is 0. The molecule has 0 radical (unpaired) electrons. The van der Waals surface area contributed by atoms with Crippen molar-refractivity contribution < 1.29 is 9.90 Å². The highest BCUT2D eigenvalue weighted by molar-refractivity contribution is 6.32. The van der Waals surface area contributed by atoms with Crippen molar-refractivity contribution in [2.75, 3.05) is 23.7 Å². The lowest BCUT2D eigenvalue weighted by atomic mass is 10.3. The summed E-state index contributed by atoms with van der Waals surface area (Å²) < 4.78 is 0. The van der Waals surface area contributed by atoms with Crippen LogP contribution in [-0.4, -0.2) is 40.2 Å². The van der Waals surface area contributed by atoms with E-state index >= 15 is 0 Å². The highest BCUT2D eigenvalue weighted by Gasteiger charge is 2.12. The van der Waals surface area contributed by atoms with E-state index in [9.17, 15) is 9.90 Å². The van der Waals surface area contributed by atoms with E-state index in [4.69, 9.17) is 17.3 Å². The van der Waals surface area contributed by atoms with Gasteiger partial charge in [-0.05, 0) is 6.92 Å². The van der Waals surface area contributed by atoms with E-state index in [2.05, 4.69) is 20.6 Å². The molecule has 0 aliphatic carbocycles. The van der Waals surface area contributed by atoms with E-state index in [1.54, 1.807) is 0 Å². The van der Waals surface area contributed by atoms with Crippen molar-refractivity contribution in [1.82, 2.24) is 9.97 Å². The first-order valence-corrected chi connectivity index (χ1v) is 5.40. The number of aliphatic hydroxyl groups is 1. The number of halogens is 1. The third-order valence-electron chi connectivity index (χ3n) is 1.87. The molecular formula is C9H14ClN5O2. The van der Waals surface area contributed by atoms with Crippen molar-refractivity contribution >= 4 is 29.3 Å². The first-order valence-electron chi connectivity index (χ1n) is 5.02. The van der Waals surface area contributed by atoms with Crippen molar-refractivity contribution in [3.63, 3.8) is 0 Å². The molecule has 1 heterocycles. The van der Waals surface area contributed by atoms with Crippen molar-refractivity contribution in [3.05, 3.63) is 11.2 Å². The van der Waals surface area contributed by atoms with Crippen LogP contribution in [-0.2, 0) is 4.79 Å². The van der Waals surface area contributed by atoms with E-state index in [1.807, 2.05) is 6.92 Å². The van der Waals surface area contributed by atoms with Crippen LogP contribution in [0.3, 0.4) is 0 Å². The maximum absolute atomic E-state index is 10.6. The largest absolute Gasteiger partial charge is 0.381 e. The molecule has 7 nitrogen and oxygen atoms in total. The molecule has 1 aromatic rings. The highest BCUT2D eigenvalue weighted by atomic mass is 35.5. The minimum Gasteiger partial charge on any atom is -0.381 e. The molecule has 94 valence electrons. The molecule has 1 amide bonds. The molecule has 1 aromatic heterocycles. The zero-order valence-corrected chi connectivity index (χ0v) is 10.0. The molecule has 8 heteroatoms. The second kappa shape index (κ2) is 6.21. The Kier molecular flexibility index (Phi) is 4.92. The third kappa shape index (κ3) is 4.04. The average molecular weight is 260 g/mol. The van der Waals surface area contributed by atoms with E-state index in [-0.39, 0.29) is 6.54 Å². The van der Waals surface area contributed by atoms with Crippen LogP contribution in [0, 0.1) is 0 Å². The Labute approximate surface area is 103 Å². The van der Waals surface area contributed by atoms with Gasteiger partial charge in [-0.2, -0.15) is 4.98 Å². The normalized spacial score (nSPS) is 11.9. The number of nitrogens with two attached hydrogens (primary N) is 1. The predicted molar refractivity (Wildman–Crippen MR) is 64.9 cm³/mol. The van der Waals surface area contributed by atoms with Gasteiger partial charge >= 0.3 is 0 Å². The van der Waals surface area contributed by atoms with Gasteiger partial charge in [0.05, 0.1) is 12.7 Å². The van der Waals surface area contributed by atoms with Crippen molar-refractivity contribution in [2.24, 2.45) is 5.73 Å². The quantitative estimate of drug-likeness (QED) is 0.564. The number of primary amides is 1.